The average Bonchev–Trinajstić information content (AvgIpc) is 2.75. The molecule has 2 aromatic rings. The Hall–Kier alpha value is -3.14. The summed E-state index contributed by atoms with van der Waals surface area (Å²) in [5, 5.41) is 0. The van der Waals surface area contributed by atoms with Gasteiger partial charge in [0.2, 0.25) is 0 Å². The molecular formula is C24H28FNO7S. The van der Waals surface area contributed by atoms with Crippen LogP contribution >= 0.6 is 0 Å². The van der Waals surface area contributed by atoms with Crippen molar-refractivity contribution < 1.29 is 36.6 Å². The monoisotopic (exact) mass is 493 g/mol. The van der Waals surface area contributed by atoms with E-state index in [2.05, 4.69) is 4.74 Å². The maximum absolute atomic E-state index is 13.5. The summed E-state index contributed by atoms with van der Waals surface area (Å²) in [6.45, 7) is 5.21. The number of nitrogens with zero attached hydrogens (tertiary/aromatic N) is 1. The molecule has 0 amide bonds. The Balaban J connectivity index is 1.96. The molecule has 1 heterocycles. The third-order valence-corrected chi connectivity index (χ3v) is 6.82. The van der Waals surface area contributed by atoms with Crippen molar-refractivity contribution in [3.8, 4) is 5.75 Å². The zero-order valence-corrected chi connectivity index (χ0v) is 20.4. The maximum Gasteiger partial charge on any atom is 0.310 e. The van der Waals surface area contributed by atoms with Crippen LogP contribution in [0.15, 0.2) is 47.4 Å². The fraction of sp³-hybridized carbons (Fsp3) is 0.417. The lowest BCUT2D eigenvalue weighted by molar-refractivity contribution is -0.154. The average molecular weight is 494 g/mol. The van der Waals surface area contributed by atoms with Crippen LogP contribution < -0.4 is 9.04 Å². The van der Waals surface area contributed by atoms with Crippen molar-refractivity contribution in [3.63, 3.8) is 0 Å². The second-order valence-electron chi connectivity index (χ2n) is 8.91. The Morgan fingerprint density at radius 1 is 1.12 bits per heavy atom. The molecule has 0 N–H and O–H groups in total. The fourth-order valence-corrected chi connectivity index (χ4v) is 5.00. The highest BCUT2D eigenvalue weighted by molar-refractivity contribution is 7.92. The number of sulfonamides is 1. The zero-order valence-electron chi connectivity index (χ0n) is 19.5. The lowest BCUT2D eigenvalue weighted by Gasteiger charge is -2.35. The summed E-state index contributed by atoms with van der Waals surface area (Å²) in [5.74, 6) is -1.15. The van der Waals surface area contributed by atoms with Gasteiger partial charge in [0, 0.05) is 6.42 Å². The lowest BCUT2D eigenvalue weighted by atomic mass is 10.1. The molecule has 1 aliphatic heterocycles. The van der Waals surface area contributed by atoms with E-state index in [9.17, 15) is 22.4 Å². The Kier molecular flexibility index (Phi) is 7.50. The molecule has 1 atom stereocenters. The quantitative estimate of drug-likeness (QED) is 0.543. The molecular weight excluding hydrogens is 465 g/mol. The summed E-state index contributed by atoms with van der Waals surface area (Å²) in [7, 11) is -2.81. The van der Waals surface area contributed by atoms with Crippen molar-refractivity contribution in [2.45, 2.75) is 56.6 Å². The Bertz CT molecular complexity index is 1160. The van der Waals surface area contributed by atoms with Crippen molar-refractivity contribution in [2.24, 2.45) is 0 Å². The first kappa shape index (κ1) is 25.5. The van der Waals surface area contributed by atoms with Crippen molar-refractivity contribution >= 4 is 27.6 Å². The SMILES string of the molecule is COC(=O)CC[C@H]1CN(S(=O)(=O)c2ccc(F)cc2)c2cc(CC(=O)OC(C)(C)C)ccc2O1. The second-order valence-corrected chi connectivity index (χ2v) is 10.8. The van der Waals surface area contributed by atoms with Crippen LogP contribution in [0.2, 0.25) is 0 Å². The molecule has 3 rings (SSSR count). The van der Waals surface area contributed by atoms with Crippen molar-refractivity contribution in [1.82, 2.24) is 0 Å². The van der Waals surface area contributed by atoms with Gasteiger partial charge in [-0.2, -0.15) is 0 Å². The first-order chi connectivity index (χ1) is 15.9. The Morgan fingerprint density at radius 2 is 1.79 bits per heavy atom. The van der Waals surface area contributed by atoms with Crippen molar-refractivity contribution in [1.29, 1.82) is 0 Å². The number of carbonyl (C=O) groups is 2. The molecule has 0 unspecified atom stereocenters. The summed E-state index contributed by atoms with van der Waals surface area (Å²) in [6.07, 6.45) is -0.377. The highest BCUT2D eigenvalue weighted by atomic mass is 32.2. The van der Waals surface area contributed by atoms with Crippen LogP contribution in [0.1, 0.15) is 39.2 Å². The van der Waals surface area contributed by atoms with E-state index in [1.807, 2.05) is 0 Å². The molecule has 0 aromatic heterocycles. The molecule has 0 saturated heterocycles. The number of rotatable bonds is 7. The van der Waals surface area contributed by atoms with Gasteiger partial charge in [-0.1, -0.05) is 6.07 Å². The normalized spacial score (nSPS) is 15.8. The lowest BCUT2D eigenvalue weighted by Crippen LogP contribution is -2.43. The first-order valence-corrected chi connectivity index (χ1v) is 12.2. The van der Waals surface area contributed by atoms with Crippen LogP contribution in [0.25, 0.3) is 0 Å². The van der Waals surface area contributed by atoms with E-state index in [1.54, 1.807) is 39.0 Å². The number of benzene rings is 2. The standard InChI is InChI=1S/C24H28FNO7S/c1-24(2,3)33-23(28)14-16-5-11-21-20(13-16)26(15-18(32-21)8-12-22(27)31-4)34(29,30)19-9-6-17(25)7-10-19/h5-7,9-11,13,18H,8,12,14-15H2,1-4H3/t18-/m0/s1. The predicted octanol–water partition coefficient (Wildman–Crippen LogP) is 3.62. The van der Waals surface area contributed by atoms with Crippen LogP contribution in [0, 0.1) is 5.82 Å². The Morgan fingerprint density at radius 3 is 2.41 bits per heavy atom. The number of hydrogen-bond donors (Lipinski definition) is 0. The van der Waals surface area contributed by atoms with E-state index < -0.39 is 39.5 Å². The molecule has 1 aliphatic rings. The van der Waals surface area contributed by atoms with Gasteiger partial charge in [0.1, 0.15) is 23.3 Å². The van der Waals surface area contributed by atoms with Gasteiger partial charge in [-0.15, -0.1) is 0 Å². The number of esters is 2. The van der Waals surface area contributed by atoms with Crippen LogP contribution in [0.5, 0.6) is 5.75 Å². The summed E-state index contributed by atoms with van der Waals surface area (Å²) in [5.41, 5.74) is 0.141. The van der Waals surface area contributed by atoms with Gasteiger partial charge >= 0.3 is 11.9 Å². The molecule has 0 aliphatic carbocycles. The third kappa shape index (κ3) is 6.25. The smallest absolute Gasteiger partial charge is 0.310 e. The Labute approximate surface area is 198 Å². The molecule has 10 heteroatoms. The molecule has 2 aromatic carbocycles. The molecule has 34 heavy (non-hydrogen) atoms. The van der Waals surface area contributed by atoms with Crippen molar-refractivity contribution in [3.05, 3.63) is 53.8 Å². The minimum absolute atomic E-state index is 0.0532. The van der Waals surface area contributed by atoms with Gasteiger partial charge < -0.3 is 14.2 Å². The fourth-order valence-electron chi connectivity index (χ4n) is 3.50. The molecule has 0 bridgehead atoms. The number of anilines is 1. The number of carbonyl (C=O) groups excluding carboxylic acids is 2. The molecule has 0 saturated carbocycles. The van der Waals surface area contributed by atoms with E-state index in [1.165, 1.54) is 23.5 Å². The summed E-state index contributed by atoms with van der Waals surface area (Å²) >= 11 is 0. The number of fused-ring (bicyclic) bond motifs is 1. The first-order valence-electron chi connectivity index (χ1n) is 10.8. The molecule has 0 fully saturated rings. The van der Waals surface area contributed by atoms with Gasteiger partial charge in [0.15, 0.2) is 0 Å². The van der Waals surface area contributed by atoms with Gasteiger partial charge in [0.05, 0.1) is 30.7 Å². The van der Waals surface area contributed by atoms with Crippen LogP contribution in [-0.4, -0.2) is 45.7 Å². The minimum atomic E-state index is -4.09. The highest BCUT2D eigenvalue weighted by Crippen LogP contribution is 2.38. The van der Waals surface area contributed by atoms with Gasteiger partial charge in [-0.05, 0) is 69.2 Å². The van der Waals surface area contributed by atoms with Crippen LogP contribution in [0.3, 0.4) is 0 Å². The second kappa shape index (κ2) is 10.0. The van der Waals surface area contributed by atoms with E-state index >= 15 is 0 Å². The van der Waals surface area contributed by atoms with E-state index in [4.69, 9.17) is 9.47 Å². The van der Waals surface area contributed by atoms with Crippen molar-refractivity contribution in [2.75, 3.05) is 18.0 Å². The highest BCUT2D eigenvalue weighted by Gasteiger charge is 2.35. The number of methoxy groups -OCH3 is 1. The zero-order chi connectivity index (χ0) is 25.1. The van der Waals surface area contributed by atoms with Crippen LogP contribution in [0.4, 0.5) is 10.1 Å². The number of halogens is 1. The molecule has 8 nitrogen and oxygen atoms in total. The topological polar surface area (TPSA) is 99.2 Å². The maximum atomic E-state index is 13.5. The number of hydrogen-bond acceptors (Lipinski definition) is 7. The number of ether oxygens (including phenoxy) is 3. The molecule has 184 valence electrons. The van der Waals surface area contributed by atoms with Gasteiger partial charge in [-0.3, -0.25) is 13.9 Å². The third-order valence-electron chi connectivity index (χ3n) is 5.02. The summed E-state index contributed by atoms with van der Waals surface area (Å²) in [6, 6.07) is 9.34. The predicted molar refractivity (Wildman–Crippen MR) is 123 cm³/mol. The van der Waals surface area contributed by atoms with E-state index in [0.717, 1.165) is 12.1 Å². The largest absolute Gasteiger partial charge is 0.486 e. The van der Waals surface area contributed by atoms with E-state index in [-0.39, 0.29) is 36.4 Å². The summed E-state index contributed by atoms with van der Waals surface area (Å²) in [4.78, 5) is 23.8. The molecule has 0 spiro atoms. The van der Waals surface area contributed by atoms with Gasteiger partial charge in [-0.25, -0.2) is 12.8 Å². The van der Waals surface area contributed by atoms with Gasteiger partial charge in [0.25, 0.3) is 10.0 Å². The van der Waals surface area contributed by atoms with E-state index in [0.29, 0.717) is 11.3 Å². The molecule has 0 radical (unpaired) electrons. The minimum Gasteiger partial charge on any atom is -0.486 e. The summed E-state index contributed by atoms with van der Waals surface area (Å²) < 4.78 is 57.5. The van der Waals surface area contributed by atoms with Crippen LogP contribution in [-0.2, 0) is 35.5 Å².